The van der Waals surface area contributed by atoms with Crippen molar-refractivity contribution < 1.29 is 23.1 Å². The zero-order chi connectivity index (χ0) is 32.3. The molecule has 1 saturated heterocycles. The topological polar surface area (TPSA) is 126 Å². The van der Waals surface area contributed by atoms with E-state index in [9.17, 15) is 14.0 Å². The number of aromatic nitrogens is 2. The van der Waals surface area contributed by atoms with Gasteiger partial charge in [0.2, 0.25) is 11.8 Å². The number of piperazine rings is 1. The number of ether oxygens (including phenoxy) is 1. The first-order chi connectivity index (χ1) is 22.2. The Hall–Kier alpha value is -5.36. The molecule has 1 aliphatic carbocycles. The van der Waals surface area contributed by atoms with E-state index in [-0.39, 0.29) is 17.2 Å². The standard InChI is InChI=1S/C34H33F2N7O3/c1-42-14-16-43(17-15-42)31-9-2-22(20-39-31)23-18-30(28(10-13-37)38-21-23)46-29-8-7-26(19-27(29)36)41-33(45)34(11-12-34)32(44)40-25-5-3-24(35)4-6-25/h2-10,13,18-21H,11-12,14-17,37H2,1H3,(H,40,44)(H,41,45). The Balaban J connectivity index is 1.15. The number of rotatable bonds is 9. The minimum atomic E-state index is -1.28. The maximum absolute atomic E-state index is 15.3. The number of amides is 2. The van der Waals surface area contributed by atoms with Gasteiger partial charge in [-0.3, -0.25) is 14.6 Å². The molecule has 1 aliphatic heterocycles. The van der Waals surface area contributed by atoms with Crippen LogP contribution in [0.2, 0.25) is 0 Å². The van der Waals surface area contributed by atoms with E-state index in [4.69, 9.17) is 10.5 Å². The first-order valence-electron chi connectivity index (χ1n) is 14.9. The van der Waals surface area contributed by atoms with E-state index < -0.39 is 28.9 Å². The van der Waals surface area contributed by atoms with Gasteiger partial charge in [0.25, 0.3) is 0 Å². The number of nitrogens with zero attached hydrogens (tertiary/aromatic N) is 4. The fraction of sp³-hybridized carbons (Fsp3) is 0.235. The molecule has 0 bridgehead atoms. The third kappa shape index (κ3) is 6.66. The molecule has 46 heavy (non-hydrogen) atoms. The summed E-state index contributed by atoms with van der Waals surface area (Å²) in [6.45, 7) is 3.77. The summed E-state index contributed by atoms with van der Waals surface area (Å²) >= 11 is 0. The van der Waals surface area contributed by atoms with Crippen LogP contribution in [0.15, 0.2) is 79.3 Å². The van der Waals surface area contributed by atoms with Gasteiger partial charge < -0.3 is 30.9 Å². The summed E-state index contributed by atoms with van der Waals surface area (Å²) in [6, 6.07) is 14.9. The second-order valence-corrected chi connectivity index (χ2v) is 11.4. The molecule has 6 rings (SSSR count). The van der Waals surface area contributed by atoms with Crippen LogP contribution in [-0.2, 0) is 9.59 Å². The number of hydrogen-bond donors (Lipinski definition) is 3. The van der Waals surface area contributed by atoms with Gasteiger partial charge in [0.05, 0.1) is 0 Å². The van der Waals surface area contributed by atoms with E-state index in [0.717, 1.165) is 49.2 Å². The second-order valence-electron chi connectivity index (χ2n) is 11.4. The minimum Gasteiger partial charge on any atom is -0.452 e. The zero-order valence-corrected chi connectivity index (χ0v) is 25.2. The van der Waals surface area contributed by atoms with Crippen LogP contribution in [0, 0.1) is 17.0 Å². The summed E-state index contributed by atoms with van der Waals surface area (Å²) in [5.41, 5.74) is 6.81. The molecule has 2 aromatic heterocycles. The van der Waals surface area contributed by atoms with Gasteiger partial charge in [0.15, 0.2) is 17.3 Å². The fourth-order valence-corrected chi connectivity index (χ4v) is 5.19. The van der Waals surface area contributed by atoms with E-state index in [2.05, 4.69) is 37.4 Å². The highest BCUT2D eigenvalue weighted by Crippen LogP contribution is 2.47. The van der Waals surface area contributed by atoms with E-state index in [1.165, 1.54) is 42.6 Å². The summed E-state index contributed by atoms with van der Waals surface area (Å²) in [5, 5.41) is 5.29. The average molecular weight is 626 g/mol. The molecule has 0 spiro atoms. The molecule has 10 nitrogen and oxygen atoms in total. The maximum atomic E-state index is 15.3. The maximum Gasteiger partial charge on any atom is 0.240 e. The van der Waals surface area contributed by atoms with E-state index in [1.54, 1.807) is 24.5 Å². The lowest BCUT2D eigenvalue weighted by molar-refractivity contribution is -0.131. The highest BCUT2D eigenvalue weighted by Gasteiger charge is 2.56. The highest BCUT2D eigenvalue weighted by molar-refractivity contribution is 6.16. The smallest absolute Gasteiger partial charge is 0.240 e. The number of nitrogens with one attached hydrogen (secondary N) is 2. The molecule has 2 amide bonds. The second kappa shape index (κ2) is 12.9. The number of carbonyl (C=O) groups excluding carboxylic acids is 2. The van der Waals surface area contributed by atoms with Gasteiger partial charge in [0, 0.05) is 67.1 Å². The number of carbonyl (C=O) groups is 2. The molecule has 4 aromatic rings. The van der Waals surface area contributed by atoms with E-state index >= 15 is 4.39 Å². The van der Waals surface area contributed by atoms with Crippen LogP contribution in [-0.4, -0.2) is 59.9 Å². The average Bonchev–Trinajstić information content (AvgIpc) is 3.88. The lowest BCUT2D eigenvalue weighted by Gasteiger charge is -2.33. The first kappa shape index (κ1) is 30.7. The Morgan fingerprint density at radius 3 is 2.15 bits per heavy atom. The number of hydrogen-bond acceptors (Lipinski definition) is 8. The minimum absolute atomic E-state index is 0.0950. The predicted octanol–water partition coefficient (Wildman–Crippen LogP) is 5.25. The van der Waals surface area contributed by atoms with Crippen molar-refractivity contribution >= 4 is 35.1 Å². The fourth-order valence-electron chi connectivity index (χ4n) is 5.19. The molecule has 0 atom stereocenters. The largest absolute Gasteiger partial charge is 0.452 e. The van der Waals surface area contributed by atoms with Crippen molar-refractivity contribution in [2.45, 2.75) is 12.8 Å². The van der Waals surface area contributed by atoms with Crippen molar-refractivity contribution in [3.8, 4) is 22.6 Å². The Bertz CT molecular complexity index is 1770. The number of likely N-dealkylation sites (N-methyl/N-ethyl adjacent to an activating group) is 1. The third-order valence-corrected chi connectivity index (χ3v) is 8.18. The van der Waals surface area contributed by atoms with E-state index in [1.807, 2.05) is 12.1 Å². The Kier molecular flexibility index (Phi) is 8.62. The van der Waals surface area contributed by atoms with Crippen molar-refractivity contribution in [2.75, 3.05) is 48.8 Å². The third-order valence-electron chi connectivity index (χ3n) is 8.18. The lowest BCUT2D eigenvalue weighted by atomic mass is 10.0. The highest BCUT2D eigenvalue weighted by atomic mass is 19.1. The van der Waals surface area contributed by atoms with Crippen LogP contribution in [0.3, 0.4) is 0 Å². The molecule has 4 N–H and O–H groups in total. The van der Waals surface area contributed by atoms with Crippen molar-refractivity contribution in [1.82, 2.24) is 14.9 Å². The van der Waals surface area contributed by atoms with Crippen molar-refractivity contribution in [3.63, 3.8) is 0 Å². The van der Waals surface area contributed by atoms with Gasteiger partial charge in [-0.05, 0) is 86.8 Å². The molecule has 0 radical (unpaired) electrons. The van der Waals surface area contributed by atoms with Gasteiger partial charge in [-0.25, -0.2) is 13.8 Å². The molecular formula is C34H33F2N7O3. The summed E-state index contributed by atoms with van der Waals surface area (Å²) < 4.78 is 34.5. The van der Waals surface area contributed by atoms with Crippen LogP contribution in [0.5, 0.6) is 11.5 Å². The van der Waals surface area contributed by atoms with Crippen LogP contribution in [0.25, 0.3) is 17.2 Å². The normalized spacial score (nSPS) is 15.8. The van der Waals surface area contributed by atoms with E-state index in [0.29, 0.717) is 24.2 Å². The molecule has 2 aromatic carbocycles. The molecule has 12 heteroatoms. The van der Waals surface area contributed by atoms with Gasteiger partial charge in [-0.1, -0.05) is 0 Å². The summed E-state index contributed by atoms with van der Waals surface area (Å²) in [7, 11) is 2.10. The quantitative estimate of drug-likeness (QED) is 0.215. The Morgan fingerprint density at radius 2 is 1.52 bits per heavy atom. The molecule has 1 saturated carbocycles. The molecular weight excluding hydrogens is 592 g/mol. The predicted molar refractivity (Wildman–Crippen MR) is 172 cm³/mol. The molecule has 236 valence electrons. The van der Waals surface area contributed by atoms with Gasteiger partial charge in [0.1, 0.15) is 22.7 Å². The molecule has 3 heterocycles. The lowest BCUT2D eigenvalue weighted by Crippen LogP contribution is -2.44. The molecule has 0 unspecified atom stereocenters. The van der Waals surface area contributed by atoms with Crippen molar-refractivity contribution in [1.29, 1.82) is 0 Å². The van der Waals surface area contributed by atoms with Gasteiger partial charge in [-0.2, -0.15) is 0 Å². The number of anilines is 3. The number of benzene rings is 2. The molecule has 2 fully saturated rings. The van der Waals surface area contributed by atoms with Crippen molar-refractivity contribution in [3.05, 3.63) is 96.6 Å². The van der Waals surface area contributed by atoms with Crippen LogP contribution in [0.1, 0.15) is 18.5 Å². The first-order valence-corrected chi connectivity index (χ1v) is 14.9. The van der Waals surface area contributed by atoms with Gasteiger partial charge in [-0.15, -0.1) is 0 Å². The number of pyridine rings is 2. The number of nitrogens with two attached hydrogens (primary N) is 1. The molecule has 2 aliphatic rings. The SMILES string of the molecule is CN1CCN(c2ccc(-c3cnc(C=CN)c(Oc4ccc(NC(=O)C5(C(=O)Nc6ccc(F)cc6)CC5)cc4F)c3)cn2)CC1. The number of halogens is 2. The Labute approximate surface area is 264 Å². The summed E-state index contributed by atoms with van der Waals surface area (Å²) in [4.78, 5) is 39.6. The Morgan fingerprint density at radius 1 is 0.848 bits per heavy atom. The van der Waals surface area contributed by atoms with Crippen molar-refractivity contribution in [2.24, 2.45) is 11.1 Å². The summed E-state index contributed by atoms with van der Waals surface area (Å²) in [5.74, 6) is -1.15. The van der Waals surface area contributed by atoms with Crippen LogP contribution < -0.4 is 26.0 Å². The zero-order valence-electron chi connectivity index (χ0n) is 25.2. The summed E-state index contributed by atoms with van der Waals surface area (Å²) in [6.07, 6.45) is 6.98. The monoisotopic (exact) mass is 625 g/mol. The van der Waals surface area contributed by atoms with Crippen LogP contribution in [0.4, 0.5) is 26.0 Å². The van der Waals surface area contributed by atoms with Gasteiger partial charge >= 0.3 is 0 Å². The van der Waals surface area contributed by atoms with Crippen LogP contribution >= 0.6 is 0 Å².